The van der Waals surface area contributed by atoms with Crippen molar-refractivity contribution in [3.63, 3.8) is 0 Å². The maximum absolute atomic E-state index is 4.09. The summed E-state index contributed by atoms with van der Waals surface area (Å²) in [5.74, 6) is 0. The van der Waals surface area contributed by atoms with E-state index in [0.29, 0.717) is 6.04 Å². The van der Waals surface area contributed by atoms with Crippen LogP contribution in [0.25, 0.3) is 0 Å². The third-order valence-corrected chi connectivity index (χ3v) is 4.09. The summed E-state index contributed by atoms with van der Waals surface area (Å²) < 4.78 is 0. The number of hydrogen-bond donors (Lipinski definition) is 1. The van der Waals surface area contributed by atoms with Gasteiger partial charge in [-0.3, -0.25) is 4.98 Å². The van der Waals surface area contributed by atoms with Crippen molar-refractivity contribution in [2.24, 2.45) is 0 Å². The lowest BCUT2D eigenvalue weighted by atomic mass is 9.99. The number of nitrogens with one attached hydrogen (secondary N) is 1. The van der Waals surface area contributed by atoms with Crippen LogP contribution in [0.5, 0.6) is 0 Å². The van der Waals surface area contributed by atoms with E-state index < -0.39 is 0 Å². The summed E-state index contributed by atoms with van der Waals surface area (Å²) in [6.07, 6.45) is 7.99. The molecule has 1 aromatic heterocycles. The third-order valence-electron chi connectivity index (χ3n) is 3.35. The highest BCUT2D eigenvalue weighted by Gasteiger charge is 2.11. The van der Waals surface area contributed by atoms with Crippen molar-refractivity contribution in [1.82, 2.24) is 10.3 Å². The highest BCUT2D eigenvalue weighted by atomic mass is 32.2. The Kier molecular flexibility index (Phi) is 6.09. The molecule has 0 fully saturated rings. The Morgan fingerprint density at radius 1 is 1.10 bits per heavy atom. The number of thioether (sulfide) groups is 1. The molecule has 1 aromatic carbocycles. The van der Waals surface area contributed by atoms with Crippen LogP contribution in [0, 0.1) is 0 Å². The van der Waals surface area contributed by atoms with E-state index >= 15 is 0 Å². The SMILES string of the molecule is CCCNC(Cc1ccncc1)c1ccc(SC)cc1. The fraction of sp³-hybridized carbons (Fsp3) is 0.353. The summed E-state index contributed by atoms with van der Waals surface area (Å²) in [7, 11) is 0. The Hall–Kier alpha value is -1.32. The number of aromatic nitrogens is 1. The van der Waals surface area contributed by atoms with Gasteiger partial charge in [-0.2, -0.15) is 0 Å². The Labute approximate surface area is 126 Å². The Balaban J connectivity index is 2.13. The molecule has 2 rings (SSSR count). The van der Waals surface area contributed by atoms with Crippen LogP contribution >= 0.6 is 11.8 Å². The van der Waals surface area contributed by atoms with Gasteiger partial charge in [-0.25, -0.2) is 0 Å². The fourth-order valence-electron chi connectivity index (χ4n) is 2.22. The second-order valence-electron chi connectivity index (χ2n) is 4.84. The first kappa shape index (κ1) is 15.1. The Bertz CT molecular complexity index is 496. The largest absolute Gasteiger partial charge is 0.310 e. The van der Waals surface area contributed by atoms with Gasteiger partial charge in [-0.05, 0) is 61.0 Å². The molecule has 20 heavy (non-hydrogen) atoms. The van der Waals surface area contributed by atoms with Crippen molar-refractivity contribution >= 4 is 11.8 Å². The molecular formula is C17H22N2S. The molecule has 2 aromatic rings. The van der Waals surface area contributed by atoms with Crippen LogP contribution in [0.1, 0.15) is 30.5 Å². The molecule has 0 radical (unpaired) electrons. The van der Waals surface area contributed by atoms with Gasteiger partial charge in [-0.15, -0.1) is 11.8 Å². The molecule has 2 nitrogen and oxygen atoms in total. The van der Waals surface area contributed by atoms with Crippen molar-refractivity contribution in [2.45, 2.75) is 30.7 Å². The average Bonchev–Trinajstić information content (AvgIpc) is 2.52. The van der Waals surface area contributed by atoms with Crippen LogP contribution in [0.4, 0.5) is 0 Å². The molecule has 0 spiro atoms. The molecule has 0 aliphatic rings. The summed E-state index contributed by atoms with van der Waals surface area (Å²) in [6, 6.07) is 13.4. The first-order chi connectivity index (χ1) is 9.83. The van der Waals surface area contributed by atoms with Gasteiger partial charge in [0.2, 0.25) is 0 Å². The first-order valence-electron chi connectivity index (χ1n) is 7.09. The van der Waals surface area contributed by atoms with Crippen LogP contribution in [0.2, 0.25) is 0 Å². The van der Waals surface area contributed by atoms with Crippen molar-refractivity contribution in [1.29, 1.82) is 0 Å². The van der Waals surface area contributed by atoms with E-state index in [4.69, 9.17) is 0 Å². The average molecular weight is 286 g/mol. The van der Waals surface area contributed by atoms with E-state index in [0.717, 1.165) is 19.4 Å². The molecule has 3 heteroatoms. The molecule has 1 unspecified atom stereocenters. The summed E-state index contributed by atoms with van der Waals surface area (Å²) >= 11 is 1.78. The van der Waals surface area contributed by atoms with Crippen LogP contribution in [0.15, 0.2) is 53.7 Å². The molecule has 106 valence electrons. The predicted molar refractivity (Wildman–Crippen MR) is 87.2 cm³/mol. The van der Waals surface area contributed by atoms with Gasteiger partial charge in [0.05, 0.1) is 0 Å². The molecule has 1 atom stereocenters. The lowest BCUT2D eigenvalue weighted by molar-refractivity contribution is 0.529. The Morgan fingerprint density at radius 2 is 1.80 bits per heavy atom. The van der Waals surface area contributed by atoms with Crippen LogP contribution in [-0.4, -0.2) is 17.8 Å². The van der Waals surface area contributed by atoms with E-state index in [1.54, 1.807) is 11.8 Å². The van der Waals surface area contributed by atoms with Gasteiger partial charge in [-0.1, -0.05) is 19.1 Å². The number of nitrogens with zero attached hydrogens (tertiary/aromatic N) is 1. The lowest BCUT2D eigenvalue weighted by Crippen LogP contribution is -2.24. The molecule has 1 N–H and O–H groups in total. The molecule has 1 heterocycles. The fourth-order valence-corrected chi connectivity index (χ4v) is 2.63. The number of pyridine rings is 1. The first-order valence-corrected chi connectivity index (χ1v) is 8.32. The highest BCUT2D eigenvalue weighted by molar-refractivity contribution is 7.98. The predicted octanol–water partition coefficient (Wildman–Crippen LogP) is 4.09. The van der Waals surface area contributed by atoms with Gasteiger partial charge in [0, 0.05) is 23.3 Å². The molecular weight excluding hydrogens is 264 g/mol. The normalized spacial score (nSPS) is 12.3. The van der Waals surface area contributed by atoms with Crippen molar-refractivity contribution in [2.75, 3.05) is 12.8 Å². The van der Waals surface area contributed by atoms with E-state index in [1.165, 1.54) is 16.0 Å². The number of benzene rings is 1. The summed E-state index contributed by atoms with van der Waals surface area (Å²) in [5, 5.41) is 3.64. The minimum atomic E-state index is 0.369. The van der Waals surface area contributed by atoms with Gasteiger partial charge in [0.1, 0.15) is 0 Å². The van der Waals surface area contributed by atoms with E-state index in [1.807, 2.05) is 12.4 Å². The van der Waals surface area contributed by atoms with Gasteiger partial charge in [0.15, 0.2) is 0 Å². The van der Waals surface area contributed by atoms with Crippen LogP contribution in [-0.2, 0) is 6.42 Å². The van der Waals surface area contributed by atoms with Gasteiger partial charge < -0.3 is 5.32 Å². The summed E-state index contributed by atoms with van der Waals surface area (Å²) in [5.41, 5.74) is 2.68. The summed E-state index contributed by atoms with van der Waals surface area (Å²) in [6.45, 7) is 3.24. The summed E-state index contributed by atoms with van der Waals surface area (Å²) in [4.78, 5) is 5.40. The molecule has 0 amide bonds. The maximum Gasteiger partial charge on any atom is 0.0360 e. The lowest BCUT2D eigenvalue weighted by Gasteiger charge is -2.19. The second-order valence-corrected chi connectivity index (χ2v) is 5.72. The molecule has 0 bridgehead atoms. The smallest absolute Gasteiger partial charge is 0.0360 e. The topological polar surface area (TPSA) is 24.9 Å². The van der Waals surface area contributed by atoms with Crippen molar-refractivity contribution < 1.29 is 0 Å². The van der Waals surface area contributed by atoms with Crippen LogP contribution in [0.3, 0.4) is 0 Å². The molecule has 0 saturated carbocycles. The zero-order valence-corrected chi connectivity index (χ0v) is 13.0. The zero-order chi connectivity index (χ0) is 14.2. The number of rotatable bonds is 7. The van der Waals surface area contributed by atoms with Gasteiger partial charge in [0.25, 0.3) is 0 Å². The second kappa shape index (κ2) is 8.08. The molecule has 0 aliphatic carbocycles. The molecule has 0 saturated heterocycles. The van der Waals surface area contributed by atoms with E-state index in [9.17, 15) is 0 Å². The molecule has 0 aliphatic heterocycles. The van der Waals surface area contributed by atoms with E-state index in [-0.39, 0.29) is 0 Å². The Morgan fingerprint density at radius 3 is 2.40 bits per heavy atom. The van der Waals surface area contributed by atoms with Crippen molar-refractivity contribution in [3.05, 3.63) is 59.9 Å². The van der Waals surface area contributed by atoms with Gasteiger partial charge >= 0.3 is 0 Å². The van der Waals surface area contributed by atoms with Crippen LogP contribution < -0.4 is 5.32 Å². The minimum Gasteiger partial charge on any atom is -0.310 e. The zero-order valence-electron chi connectivity index (χ0n) is 12.2. The minimum absolute atomic E-state index is 0.369. The monoisotopic (exact) mass is 286 g/mol. The van der Waals surface area contributed by atoms with E-state index in [2.05, 4.69) is 59.9 Å². The quantitative estimate of drug-likeness (QED) is 0.776. The third kappa shape index (κ3) is 4.36. The number of hydrogen-bond acceptors (Lipinski definition) is 3. The highest BCUT2D eigenvalue weighted by Crippen LogP contribution is 2.22. The standard InChI is InChI=1S/C17H22N2S/c1-3-10-19-17(13-14-8-11-18-12-9-14)15-4-6-16(20-2)7-5-15/h4-9,11-12,17,19H,3,10,13H2,1-2H3. The maximum atomic E-state index is 4.09. The van der Waals surface area contributed by atoms with Crippen molar-refractivity contribution in [3.8, 4) is 0 Å².